The maximum absolute atomic E-state index is 13.4. The van der Waals surface area contributed by atoms with Crippen molar-refractivity contribution in [3.8, 4) is 0 Å². The summed E-state index contributed by atoms with van der Waals surface area (Å²) in [6.07, 6.45) is 3.93. The van der Waals surface area contributed by atoms with Crippen LogP contribution in [0.2, 0.25) is 0 Å². The van der Waals surface area contributed by atoms with Crippen molar-refractivity contribution in [3.05, 3.63) is 42.0 Å². The highest BCUT2D eigenvalue weighted by atomic mass is 32.2. The van der Waals surface area contributed by atoms with Crippen molar-refractivity contribution in [2.75, 3.05) is 6.61 Å². The number of nitrogens with zero attached hydrogens (tertiary/aromatic N) is 1. The number of carbonyl (C=O) groups is 2. The Morgan fingerprint density at radius 2 is 1.57 bits per heavy atom. The second kappa shape index (κ2) is 8.53. The molecule has 0 aliphatic heterocycles. The molecule has 1 amide bonds. The lowest BCUT2D eigenvalue weighted by Gasteiger charge is -2.33. The van der Waals surface area contributed by atoms with Crippen LogP contribution < -0.4 is 0 Å². The first-order chi connectivity index (χ1) is 13.6. The predicted octanol–water partition coefficient (Wildman–Crippen LogP) is 4.09. The van der Waals surface area contributed by atoms with E-state index in [0.29, 0.717) is 6.42 Å². The van der Waals surface area contributed by atoms with Crippen molar-refractivity contribution in [2.45, 2.75) is 65.8 Å². The summed E-state index contributed by atoms with van der Waals surface area (Å²) in [5.74, 6) is -0.927. The first-order valence-corrected chi connectivity index (χ1v) is 11.6. The molecule has 2 rings (SSSR count). The Hall–Kier alpha value is -2.15. The van der Waals surface area contributed by atoms with E-state index in [2.05, 4.69) is 0 Å². The lowest BCUT2D eigenvalue weighted by molar-refractivity contribution is -0.154. The molecule has 166 valence electrons. The Balaban J connectivity index is 2.27. The van der Waals surface area contributed by atoms with E-state index in [4.69, 9.17) is 4.74 Å². The molecule has 0 fully saturated rings. The summed E-state index contributed by atoms with van der Waals surface area (Å²) in [5.41, 5.74) is -0.545. The molecular weight excluding hydrogens is 402 g/mol. The number of carbonyl (C=O) groups excluding carboxylic acids is 2. The molecule has 1 aliphatic rings. The minimum Gasteiger partial charge on any atom is -0.465 e. The van der Waals surface area contributed by atoms with E-state index in [1.807, 2.05) is 13.0 Å². The molecule has 0 unspecified atom stereocenters. The van der Waals surface area contributed by atoms with E-state index in [1.165, 1.54) is 12.1 Å². The molecule has 0 bridgehead atoms. The van der Waals surface area contributed by atoms with Crippen LogP contribution in [0.3, 0.4) is 0 Å². The molecule has 0 N–H and O–H groups in total. The van der Waals surface area contributed by atoms with Gasteiger partial charge < -0.3 is 4.74 Å². The van der Waals surface area contributed by atoms with Crippen LogP contribution in [0.1, 0.15) is 53.5 Å². The van der Waals surface area contributed by atoms with Crippen LogP contribution in [0, 0.1) is 23.7 Å². The summed E-state index contributed by atoms with van der Waals surface area (Å²) in [4.78, 5) is 25.3. The van der Waals surface area contributed by atoms with Gasteiger partial charge in [0.05, 0.1) is 23.0 Å². The third-order valence-corrected chi connectivity index (χ3v) is 6.73. The van der Waals surface area contributed by atoms with Gasteiger partial charge in [0.1, 0.15) is 0 Å². The second-order valence-electron chi connectivity index (χ2n) is 9.97. The van der Waals surface area contributed by atoms with Crippen molar-refractivity contribution in [3.63, 3.8) is 0 Å². The van der Waals surface area contributed by atoms with Crippen LogP contribution in [-0.4, -0.2) is 37.2 Å². The average molecular weight is 436 g/mol. The normalized spacial score (nSPS) is 19.6. The van der Waals surface area contributed by atoms with Gasteiger partial charge in [0.25, 0.3) is 10.0 Å². The monoisotopic (exact) mass is 435 g/mol. The quantitative estimate of drug-likeness (QED) is 0.514. The molecule has 0 aromatic heterocycles. The van der Waals surface area contributed by atoms with Gasteiger partial charge in [0, 0.05) is 11.3 Å². The van der Waals surface area contributed by atoms with Gasteiger partial charge in [-0.05, 0) is 46.2 Å². The molecule has 0 saturated heterocycles. The maximum Gasteiger partial charge on any atom is 0.311 e. The number of aryl methyl sites for hydroxylation is 1. The molecule has 1 aromatic carbocycles. The van der Waals surface area contributed by atoms with Gasteiger partial charge in [-0.15, -0.1) is 0 Å². The third-order valence-electron chi connectivity index (χ3n) is 4.91. The fraction of sp³-hybridized carbons (Fsp3) is 0.565. The largest absolute Gasteiger partial charge is 0.465 e. The van der Waals surface area contributed by atoms with Gasteiger partial charge in [-0.1, -0.05) is 50.6 Å². The zero-order valence-corrected chi connectivity index (χ0v) is 19.7. The van der Waals surface area contributed by atoms with E-state index in [9.17, 15) is 18.0 Å². The number of hydrogen-bond acceptors (Lipinski definition) is 5. The minimum absolute atomic E-state index is 0.0849. The van der Waals surface area contributed by atoms with Crippen LogP contribution in [0.4, 0.5) is 0 Å². The smallest absolute Gasteiger partial charge is 0.311 e. The van der Waals surface area contributed by atoms with Gasteiger partial charge in [0.2, 0.25) is 5.91 Å². The van der Waals surface area contributed by atoms with E-state index in [-0.39, 0.29) is 23.4 Å². The molecule has 0 spiro atoms. The summed E-state index contributed by atoms with van der Waals surface area (Å²) in [6, 6.07) is 5.85. The maximum atomic E-state index is 13.4. The van der Waals surface area contributed by atoms with Crippen molar-refractivity contribution >= 4 is 21.9 Å². The topological polar surface area (TPSA) is 80.8 Å². The third kappa shape index (κ3) is 5.50. The number of ether oxygens (including phenoxy) is 1. The fourth-order valence-electron chi connectivity index (χ4n) is 3.04. The number of rotatable bonds is 5. The minimum atomic E-state index is -4.04. The van der Waals surface area contributed by atoms with Crippen LogP contribution >= 0.6 is 0 Å². The van der Waals surface area contributed by atoms with E-state index in [1.54, 1.807) is 59.8 Å². The molecule has 1 aliphatic carbocycles. The Bertz CT molecular complexity index is 918. The average Bonchev–Trinajstić information content (AvgIpc) is 3.06. The highest BCUT2D eigenvalue weighted by Crippen LogP contribution is 2.32. The lowest BCUT2D eigenvalue weighted by atomic mass is 9.95. The van der Waals surface area contributed by atoms with Gasteiger partial charge in [-0.3, -0.25) is 9.59 Å². The highest BCUT2D eigenvalue weighted by molar-refractivity contribution is 7.89. The Morgan fingerprint density at radius 1 is 1.00 bits per heavy atom. The zero-order valence-electron chi connectivity index (χ0n) is 18.9. The van der Waals surface area contributed by atoms with Crippen molar-refractivity contribution in [1.82, 2.24) is 4.31 Å². The number of benzene rings is 1. The van der Waals surface area contributed by atoms with Crippen LogP contribution in [0.25, 0.3) is 0 Å². The molecule has 1 aromatic rings. The summed E-state index contributed by atoms with van der Waals surface area (Å²) < 4.78 is 33.2. The zero-order chi connectivity index (χ0) is 22.9. The van der Waals surface area contributed by atoms with Gasteiger partial charge in [0.15, 0.2) is 0 Å². The molecule has 0 heterocycles. The summed E-state index contributed by atoms with van der Waals surface area (Å²) in [7, 11) is -4.04. The van der Waals surface area contributed by atoms with Gasteiger partial charge in [-0.25, -0.2) is 12.7 Å². The fourth-order valence-corrected chi connectivity index (χ4v) is 4.75. The standard InChI is InChI=1S/C23H33NO5S/c1-16-8-12-19(13-9-16)30(27,28)24(20(25)22(2,3)4)18-11-10-17(14-18)15-29-21(26)23(5,6)7/h8-13,17-18H,14-15H2,1-7H3/t17-,18+/m1/s1. The number of amides is 1. The first-order valence-electron chi connectivity index (χ1n) is 10.1. The van der Waals surface area contributed by atoms with Crippen LogP contribution in [0.5, 0.6) is 0 Å². The highest BCUT2D eigenvalue weighted by Gasteiger charge is 2.42. The van der Waals surface area contributed by atoms with Gasteiger partial charge >= 0.3 is 5.97 Å². The summed E-state index contributed by atoms with van der Waals surface area (Å²) in [5, 5.41) is 0. The number of esters is 1. The van der Waals surface area contributed by atoms with Crippen LogP contribution in [-0.2, 0) is 24.3 Å². The van der Waals surface area contributed by atoms with E-state index < -0.39 is 32.8 Å². The summed E-state index contributed by atoms with van der Waals surface area (Å²) >= 11 is 0. The summed E-state index contributed by atoms with van der Waals surface area (Å²) in [6.45, 7) is 12.5. The van der Waals surface area contributed by atoms with E-state index >= 15 is 0 Å². The Labute approximate surface area is 180 Å². The van der Waals surface area contributed by atoms with Crippen molar-refractivity contribution in [2.24, 2.45) is 16.7 Å². The lowest BCUT2D eigenvalue weighted by Crippen LogP contribution is -2.48. The predicted molar refractivity (Wildman–Crippen MR) is 116 cm³/mol. The van der Waals surface area contributed by atoms with E-state index in [0.717, 1.165) is 9.87 Å². The SMILES string of the molecule is Cc1ccc(S(=O)(=O)N(C(=O)C(C)(C)C)[C@H]2C=C[C@@H](COC(=O)C(C)(C)C)C2)cc1. The molecular formula is C23H33NO5S. The van der Waals surface area contributed by atoms with Crippen molar-refractivity contribution in [1.29, 1.82) is 0 Å². The second-order valence-corrected chi connectivity index (χ2v) is 11.8. The Kier molecular flexibility index (Phi) is 6.86. The molecule has 6 nitrogen and oxygen atoms in total. The molecule has 0 saturated carbocycles. The number of hydrogen-bond donors (Lipinski definition) is 0. The van der Waals surface area contributed by atoms with Crippen molar-refractivity contribution < 1.29 is 22.7 Å². The first kappa shape index (κ1) is 24.1. The molecule has 30 heavy (non-hydrogen) atoms. The molecule has 7 heteroatoms. The number of sulfonamides is 1. The Morgan fingerprint density at radius 3 is 2.07 bits per heavy atom. The molecule has 0 radical (unpaired) electrons. The molecule has 2 atom stereocenters. The van der Waals surface area contributed by atoms with Crippen LogP contribution in [0.15, 0.2) is 41.3 Å². The van der Waals surface area contributed by atoms with Gasteiger partial charge in [-0.2, -0.15) is 0 Å².